The quantitative estimate of drug-likeness (QED) is 0.808. The third-order valence-electron chi connectivity index (χ3n) is 2.38. The zero-order chi connectivity index (χ0) is 13.1. The SMILES string of the molecule is NC(=S)c1ccc(Nc2ccc(Cl)c(Br)c2)cc1. The summed E-state index contributed by atoms with van der Waals surface area (Å²) in [6.45, 7) is 0. The standard InChI is InChI=1S/C13H10BrClN2S/c14-11-7-10(5-6-12(11)15)17-9-3-1-8(2-4-9)13(16)18/h1-7,17H,(H2,16,18). The molecule has 92 valence electrons. The van der Waals surface area contributed by atoms with Crippen molar-refractivity contribution < 1.29 is 0 Å². The lowest BCUT2D eigenvalue weighted by molar-refractivity contribution is 1.52. The van der Waals surface area contributed by atoms with Gasteiger partial charge in [0.1, 0.15) is 4.99 Å². The number of thiocarbonyl (C=S) groups is 1. The van der Waals surface area contributed by atoms with Crippen LogP contribution < -0.4 is 11.1 Å². The molecule has 0 atom stereocenters. The molecular formula is C13H10BrClN2S. The maximum atomic E-state index is 5.94. The van der Waals surface area contributed by atoms with Crippen molar-refractivity contribution >= 4 is 56.1 Å². The van der Waals surface area contributed by atoms with E-state index in [1.807, 2.05) is 42.5 Å². The molecule has 0 amide bonds. The molecule has 0 radical (unpaired) electrons. The molecule has 3 N–H and O–H groups in total. The molecule has 0 aliphatic heterocycles. The van der Waals surface area contributed by atoms with Crippen molar-refractivity contribution in [1.29, 1.82) is 0 Å². The minimum atomic E-state index is 0.399. The fraction of sp³-hybridized carbons (Fsp3) is 0. The highest BCUT2D eigenvalue weighted by atomic mass is 79.9. The first-order valence-corrected chi connectivity index (χ1v) is 6.76. The highest BCUT2D eigenvalue weighted by molar-refractivity contribution is 9.10. The highest BCUT2D eigenvalue weighted by Gasteiger charge is 2.00. The molecule has 0 saturated heterocycles. The van der Waals surface area contributed by atoms with Gasteiger partial charge in [0.15, 0.2) is 0 Å². The summed E-state index contributed by atoms with van der Waals surface area (Å²) in [5.74, 6) is 0. The first kappa shape index (κ1) is 13.3. The number of anilines is 2. The van der Waals surface area contributed by atoms with Gasteiger partial charge in [0.05, 0.1) is 5.02 Å². The molecule has 0 unspecified atom stereocenters. The maximum Gasteiger partial charge on any atom is 0.103 e. The van der Waals surface area contributed by atoms with Gasteiger partial charge in [0.25, 0.3) is 0 Å². The van der Waals surface area contributed by atoms with Crippen molar-refractivity contribution in [1.82, 2.24) is 0 Å². The Morgan fingerprint density at radius 3 is 2.28 bits per heavy atom. The minimum Gasteiger partial charge on any atom is -0.389 e. The number of benzene rings is 2. The number of halogens is 2. The van der Waals surface area contributed by atoms with Crippen LogP contribution in [0.4, 0.5) is 11.4 Å². The molecule has 0 spiro atoms. The Kier molecular flexibility index (Phi) is 4.22. The predicted octanol–water partition coefficient (Wildman–Crippen LogP) is 4.48. The van der Waals surface area contributed by atoms with Crippen LogP contribution in [0.2, 0.25) is 5.02 Å². The van der Waals surface area contributed by atoms with Crippen LogP contribution in [0.3, 0.4) is 0 Å². The van der Waals surface area contributed by atoms with Gasteiger partial charge >= 0.3 is 0 Å². The summed E-state index contributed by atoms with van der Waals surface area (Å²) in [6, 6.07) is 13.3. The van der Waals surface area contributed by atoms with E-state index in [9.17, 15) is 0 Å². The van der Waals surface area contributed by atoms with E-state index in [2.05, 4.69) is 21.2 Å². The van der Waals surface area contributed by atoms with Gasteiger partial charge in [-0.2, -0.15) is 0 Å². The fourth-order valence-corrected chi connectivity index (χ4v) is 2.09. The van der Waals surface area contributed by atoms with Gasteiger partial charge in [-0.3, -0.25) is 0 Å². The van der Waals surface area contributed by atoms with Crippen molar-refractivity contribution in [3.63, 3.8) is 0 Å². The summed E-state index contributed by atoms with van der Waals surface area (Å²) in [4.78, 5) is 0.399. The third kappa shape index (κ3) is 3.22. The topological polar surface area (TPSA) is 38.0 Å². The number of nitrogens with two attached hydrogens (primary N) is 1. The molecule has 2 rings (SSSR count). The summed E-state index contributed by atoms with van der Waals surface area (Å²) < 4.78 is 0.855. The van der Waals surface area contributed by atoms with Gasteiger partial charge in [-0.05, 0) is 58.4 Å². The van der Waals surface area contributed by atoms with Crippen LogP contribution in [-0.4, -0.2) is 4.99 Å². The van der Waals surface area contributed by atoms with Crippen LogP contribution in [-0.2, 0) is 0 Å². The van der Waals surface area contributed by atoms with E-state index in [1.165, 1.54) is 0 Å². The highest BCUT2D eigenvalue weighted by Crippen LogP contribution is 2.27. The minimum absolute atomic E-state index is 0.399. The van der Waals surface area contributed by atoms with E-state index < -0.39 is 0 Å². The van der Waals surface area contributed by atoms with Crippen LogP contribution in [0.1, 0.15) is 5.56 Å². The van der Waals surface area contributed by atoms with Gasteiger partial charge in [0.2, 0.25) is 0 Å². The number of nitrogens with one attached hydrogen (secondary N) is 1. The van der Waals surface area contributed by atoms with E-state index in [-0.39, 0.29) is 0 Å². The molecule has 0 aliphatic carbocycles. The summed E-state index contributed by atoms with van der Waals surface area (Å²) in [5.41, 5.74) is 8.31. The van der Waals surface area contributed by atoms with E-state index in [0.29, 0.717) is 10.0 Å². The first-order valence-electron chi connectivity index (χ1n) is 5.18. The van der Waals surface area contributed by atoms with Crippen LogP contribution in [0.5, 0.6) is 0 Å². The number of hydrogen-bond acceptors (Lipinski definition) is 2. The molecule has 0 heterocycles. The lowest BCUT2D eigenvalue weighted by atomic mass is 10.2. The van der Waals surface area contributed by atoms with Crippen LogP contribution >= 0.6 is 39.7 Å². The van der Waals surface area contributed by atoms with Crippen molar-refractivity contribution in [2.24, 2.45) is 5.73 Å². The molecule has 0 bridgehead atoms. The molecule has 2 aromatic rings. The number of hydrogen-bond donors (Lipinski definition) is 2. The Hall–Kier alpha value is -1.10. The first-order chi connectivity index (χ1) is 8.56. The Balaban J connectivity index is 2.18. The Labute approximate surface area is 124 Å². The molecule has 5 heteroatoms. The average molecular weight is 342 g/mol. The largest absolute Gasteiger partial charge is 0.389 e. The lowest BCUT2D eigenvalue weighted by Gasteiger charge is -2.08. The zero-order valence-electron chi connectivity index (χ0n) is 9.28. The van der Waals surface area contributed by atoms with Crippen LogP contribution in [0.15, 0.2) is 46.9 Å². The predicted molar refractivity (Wildman–Crippen MR) is 84.8 cm³/mol. The van der Waals surface area contributed by atoms with Gasteiger partial charge in [0, 0.05) is 21.4 Å². The summed E-state index contributed by atoms with van der Waals surface area (Å²) >= 11 is 14.2. The zero-order valence-corrected chi connectivity index (χ0v) is 12.4. The van der Waals surface area contributed by atoms with E-state index in [4.69, 9.17) is 29.6 Å². The molecule has 18 heavy (non-hydrogen) atoms. The smallest absolute Gasteiger partial charge is 0.103 e. The molecule has 0 aromatic heterocycles. The van der Waals surface area contributed by atoms with Gasteiger partial charge in [-0.1, -0.05) is 23.8 Å². The Morgan fingerprint density at radius 1 is 1.11 bits per heavy atom. The van der Waals surface area contributed by atoms with Gasteiger partial charge < -0.3 is 11.1 Å². The van der Waals surface area contributed by atoms with Crippen LogP contribution in [0.25, 0.3) is 0 Å². The summed E-state index contributed by atoms with van der Waals surface area (Å²) in [7, 11) is 0. The molecule has 2 aromatic carbocycles. The van der Waals surface area contributed by atoms with Gasteiger partial charge in [-0.25, -0.2) is 0 Å². The second-order valence-corrected chi connectivity index (χ2v) is 5.40. The molecule has 0 fully saturated rings. The summed E-state index contributed by atoms with van der Waals surface area (Å²) in [6.07, 6.45) is 0. The van der Waals surface area contributed by atoms with Crippen molar-refractivity contribution in [2.75, 3.05) is 5.32 Å². The lowest BCUT2D eigenvalue weighted by Crippen LogP contribution is -2.08. The van der Waals surface area contributed by atoms with Crippen LogP contribution in [0, 0.1) is 0 Å². The van der Waals surface area contributed by atoms with Crippen molar-refractivity contribution in [2.45, 2.75) is 0 Å². The summed E-state index contributed by atoms with van der Waals surface area (Å²) in [5, 5.41) is 3.95. The average Bonchev–Trinajstić information content (AvgIpc) is 2.34. The van der Waals surface area contributed by atoms with E-state index >= 15 is 0 Å². The Morgan fingerprint density at radius 2 is 1.72 bits per heavy atom. The molecule has 2 nitrogen and oxygen atoms in total. The van der Waals surface area contributed by atoms with Gasteiger partial charge in [-0.15, -0.1) is 0 Å². The molecule has 0 aliphatic rings. The monoisotopic (exact) mass is 340 g/mol. The normalized spacial score (nSPS) is 10.1. The van der Waals surface area contributed by atoms with Crippen molar-refractivity contribution in [3.8, 4) is 0 Å². The second kappa shape index (κ2) is 5.69. The number of rotatable bonds is 3. The van der Waals surface area contributed by atoms with E-state index in [1.54, 1.807) is 0 Å². The maximum absolute atomic E-state index is 5.94. The molecular weight excluding hydrogens is 332 g/mol. The second-order valence-electron chi connectivity index (χ2n) is 3.70. The third-order valence-corrected chi connectivity index (χ3v) is 3.83. The van der Waals surface area contributed by atoms with Crippen molar-refractivity contribution in [3.05, 3.63) is 57.5 Å². The van der Waals surface area contributed by atoms with E-state index in [0.717, 1.165) is 21.4 Å². The fourth-order valence-electron chi connectivity index (χ4n) is 1.46. The molecule has 0 saturated carbocycles. The Bertz CT molecular complexity index is 584.